The number of carbonyl (C=O) groups excluding carboxylic acids is 2. The highest BCUT2D eigenvalue weighted by Crippen LogP contribution is 2.23. The Morgan fingerprint density at radius 1 is 1.14 bits per heavy atom. The van der Waals surface area contributed by atoms with E-state index in [9.17, 15) is 9.59 Å². The Morgan fingerprint density at radius 2 is 1.73 bits per heavy atom. The van der Waals surface area contributed by atoms with Crippen molar-refractivity contribution < 1.29 is 23.8 Å². The summed E-state index contributed by atoms with van der Waals surface area (Å²) in [7, 11) is 3.09. The second-order valence-corrected chi connectivity index (χ2v) is 4.81. The van der Waals surface area contributed by atoms with Crippen LogP contribution in [0, 0.1) is 0 Å². The molecular weight excluding hydrogens is 286 g/mol. The van der Waals surface area contributed by atoms with Crippen LogP contribution in [0.5, 0.6) is 11.5 Å². The molecule has 0 aliphatic heterocycles. The molecule has 0 saturated carbocycles. The van der Waals surface area contributed by atoms with Gasteiger partial charge in [-0.2, -0.15) is 0 Å². The molecular formula is C16H21NO5. The Labute approximate surface area is 130 Å². The third kappa shape index (κ3) is 6.30. The van der Waals surface area contributed by atoms with Crippen molar-refractivity contribution >= 4 is 18.0 Å². The van der Waals surface area contributed by atoms with Crippen LogP contribution in [-0.4, -0.2) is 38.7 Å². The second-order valence-electron chi connectivity index (χ2n) is 4.81. The molecule has 0 spiro atoms. The van der Waals surface area contributed by atoms with Crippen molar-refractivity contribution in [1.82, 2.24) is 5.32 Å². The summed E-state index contributed by atoms with van der Waals surface area (Å²) in [6, 6.07) is 5.23. The Morgan fingerprint density at radius 3 is 2.23 bits per heavy atom. The van der Waals surface area contributed by atoms with E-state index in [1.807, 2.05) is 13.8 Å². The molecule has 1 aromatic carbocycles. The number of carbonyl (C=O) groups is 2. The molecule has 0 atom stereocenters. The van der Waals surface area contributed by atoms with Gasteiger partial charge in [0.05, 0.1) is 14.2 Å². The fourth-order valence-corrected chi connectivity index (χ4v) is 1.64. The Hall–Kier alpha value is -2.50. The molecule has 0 radical (unpaired) electrons. The van der Waals surface area contributed by atoms with Crippen LogP contribution in [0.25, 0.3) is 6.08 Å². The minimum absolute atomic E-state index is 0.00555. The van der Waals surface area contributed by atoms with Crippen LogP contribution < -0.4 is 14.8 Å². The lowest BCUT2D eigenvalue weighted by Crippen LogP contribution is -2.33. The van der Waals surface area contributed by atoms with Crippen molar-refractivity contribution in [2.75, 3.05) is 20.8 Å². The van der Waals surface area contributed by atoms with E-state index in [1.54, 1.807) is 38.5 Å². The van der Waals surface area contributed by atoms with Gasteiger partial charge in [0.15, 0.2) is 6.61 Å². The molecule has 0 unspecified atom stereocenters. The molecule has 1 N–H and O–H groups in total. The fourth-order valence-electron chi connectivity index (χ4n) is 1.64. The molecule has 6 heteroatoms. The maximum Gasteiger partial charge on any atom is 0.331 e. The van der Waals surface area contributed by atoms with Gasteiger partial charge in [0.2, 0.25) is 0 Å². The summed E-state index contributed by atoms with van der Waals surface area (Å²) in [5.41, 5.74) is 0.722. The van der Waals surface area contributed by atoms with Crippen LogP contribution >= 0.6 is 0 Å². The van der Waals surface area contributed by atoms with Gasteiger partial charge in [-0.25, -0.2) is 4.79 Å². The van der Waals surface area contributed by atoms with E-state index in [0.717, 1.165) is 5.56 Å². The summed E-state index contributed by atoms with van der Waals surface area (Å²) in [5.74, 6) is 0.299. The van der Waals surface area contributed by atoms with Gasteiger partial charge < -0.3 is 19.5 Å². The van der Waals surface area contributed by atoms with Gasteiger partial charge in [0.1, 0.15) is 11.5 Å². The zero-order chi connectivity index (χ0) is 16.5. The topological polar surface area (TPSA) is 73.9 Å². The lowest BCUT2D eigenvalue weighted by atomic mass is 10.2. The first-order valence-corrected chi connectivity index (χ1v) is 6.82. The van der Waals surface area contributed by atoms with Crippen molar-refractivity contribution in [3.63, 3.8) is 0 Å². The molecule has 0 bridgehead atoms. The summed E-state index contributed by atoms with van der Waals surface area (Å²) in [4.78, 5) is 22.9. The molecule has 0 aliphatic rings. The van der Waals surface area contributed by atoms with Gasteiger partial charge >= 0.3 is 5.97 Å². The molecule has 0 heterocycles. The molecule has 1 rings (SSSR count). The lowest BCUT2D eigenvalue weighted by molar-refractivity contribution is -0.143. The average Bonchev–Trinajstić information content (AvgIpc) is 2.49. The summed E-state index contributed by atoms with van der Waals surface area (Å²) < 4.78 is 15.1. The van der Waals surface area contributed by atoms with Gasteiger partial charge in [-0.1, -0.05) is 0 Å². The Kier molecular flexibility index (Phi) is 6.95. The van der Waals surface area contributed by atoms with E-state index >= 15 is 0 Å². The van der Waals surface area contributed by atoms with E-state index in [4.69, 9.17) is 14.2 Å². The van der Waals surface area contributed by atoms with Crippen molar-refractivity contribution in [2.45, 2.75) is 19.9 Å². The number of hydrogen-bond donors (Lipinski definition) is 1. The third-order valence-electron chi connectivity index (χ3n) is 2.58. The van der Waals surface area contributed by atoms with E-state index in [-0.39, 0.29) is 18.6 Å². The minimum Gasteiger partial charge on any atom is -0.497 e. The quantitative estimate of drug-likeness (QED) is 0.614. The number of hydrogen-bond acceptors (Lipinski definition) is 5. The number of methoxy groups -OCH3 is 2. The molecule has 0 saturated heterocycles. The van der Waals surface area contributed by atoms with E-state index in [2.05, 4.69) is 5.32 Å². The smallest absolute Gasteiger partial charge is 0.331 e. The van der Waals surface area contributed by atoms with Crippen LogP contribution in [0.4, 0.5) is 0 Å². The van der Waals surface area contributed by atoms with Crippen molar-refractivity contribution in [1.29, 1.82) is 0 Å². The van der Waals surface area contributed by atoms with Crippen molar-refractivity contribution in [3.8, 4) is 11.5 Å². The van der Waals surface area contributed by atoms with E-state index in [0.29, 0.717) is 11.5 Å². The zero-order valence-corrected chi connectivity index (χ0v) is 13.2. The highest BCUT2D eigenvalue weighted by atomic mass is 16.5. The van der Waals surface area contributed by atoms with Gasteiger partial charge in [-0.15, -0.1) is 0 Å². The average molecular weight is 307 g/mol. The number of nitrogens with one attached hydrogen (secondary N) is 1. The van der Waals surface area contributed by atoms with Gasteiger partial charge in [-0.05, 0) is 37.6 Å². The van der Waals surface area contributed by atoms with Crippen molar-refractivity contribution in [2.24, 2.45) is 0 Å². The summed E-state index contributed by atoms with van der Waals surface area (Å²) >= 11 is 0. The van der Waals surface area contributed by atoms with Gasteiger partial charge in [0.25, 0.3) is 5.91 Å². The second kappa shape index (κ2) is 8.71. The molecule has 0 aliphatic carbocycles. The normalized spacial score (nSPS) is 10.6. The van der Waals surface area contributed by atoms with Crippen LogP contribution in [0.3, 0.4) is 0 Å². The maximum absolute atomic E-state index is 11.6. The number of benzene rings is 1. The summed E-state index contributed by atoms with van der Waals surface area (Å²) in [6.45, 7) is 3.36. The SMILES string of the molecule is COc1cc(/C=C/C(=O)OCC(=O)NC(C)C)cc(OC)c1. The lowest BCUT2D eigenvalue weighted by Gasteiger charge is -2.08. The first kappa shape index (κ1) is 17.6. The Balaban J connectivity index is 2.60. The standard InChI is InChI=1S/C16H21NO5/c1-11(2)17-15(18)10-22-16(19)6-5-12-7-13(20-3)9-14(8-12)21-4/h5-9,11H,10H2,1-4H3,(H,17,18)/b6-5+. The zero-order valence-electron chi connectivity index (χ0n) is 13.2. The number of ether oxygens (including phenoxy) is 3. The molecule has 1 aromatic rings. The van der Waals surface area contributed by atoms with Crippen LogP contribution in [0.2, 0.25) is 0 Å². The van der Waals surface area contributed by atoms with E-state index < -0.39 is 5.97 Å². The maximum atomic E-state index is 11.6. The Bertz CT molecular complexity index is 529. The van der Waals surface area contributed by atoms with Gasteiger partial charge in [0, 0.05) is 18.2 Å². The molecule has 1 amide bonds. The number of amides is 1. The molecule has 120 valence electrons. The van der Waals surface area contributed by atoms with Crippen molar-refractivity contribution in [3.05, 3.63) is 29.8 Å². The highest BCUT2D eigenvalue weighted by Gasteiger charge is 2.06. The van der Waals surface area contributed by atoms with Crippen LogP contribution in [-0.2, 0) is 14.3 Å². The monoisotopic (exact) mass is 307 g/mol. The fraction of sp³-hybridized carbons (Fsp3) is 0.375. The highest BCUT2D eigenvalue weighted by molar-refractivity contribution is 5.89. The summed E-state index contributed by atoms with van der Waals surface area (Å²) in [6.07, 6.45) is 2.81. The van der Waals surface area contributed by atoms with E-state index in [1.165, 1.54) is 6.08 Å². The number of rotatable bonds is 7. The van der Waals surface area contributed by atoms with Crippen LogP contribution in [0.1, 0.15) is 19.4 Å². The molecule has 6 nitrogen and oxygen atoms in total. The largest absolute Gasteiger partial charge is 0.497 e. The third-order valence-corrected chi connectivity index (χ3v) is 2.58. The van der Waals surface area contributed by atoms with Gasteiger partial charge in [-0.3, -0.25) is 4.79 Å². The summed E-state index contributed by atoms with van der Waals surface area (Å²) in [5, 5.41) is 2.63. The predicted octanol–water partition coefficient (Wildman–Crippen LogP) is 1.78. The molecule has 0 aromatic heterocycles. The molecule has 0 fully saturated rings. The molecule has 22 heavy (non-hydrogen) atoms. The number of esters is 1. The first-order valence-electron chi connectivity index (χ1n) is 6.82. The minimum atomic E-state index is -0.597. The predicted molar refractivity (Wildman–Crippen MR) is 82.8 cm³/mol. The van der Waals surface area contributed by atoms with Crippen LogP contribution in [0.15, 0.2) is 24.3 Å². The first-order chi connectivity index (χ1) is 10.4.